The van der Waals surface area contributed by atoms with Crippen LogP contribution in [0, 0.1) is 17.8 Å². The number of carbonyl (C=O) groups is 1. The summed E-state index contributed by atoms with van der Waals surface area (Å²) in [6.07, 6.45) is 5.45. The first-order valence-electron chi connectivity index (χ1n) is 9.31. The second-order valence-electron chi connectivity index (χ2n) is 7.52. The molecule has 0 spiro atoms. The molecule has 2 bridgehead atoms. The highest BCUT2D eigenvalue weighted by atomic mass is 32.2. The van der Waals surface area contributed by atoms with E-state index < -0.39 is 0 Å². The lowest BCUT2D eigenvalue weighted by atomic mass is 9.84. The van der Waals surface area contributed by atoms with Crippen LogP contribution in [0.2, 0.25) is 0 Å². The number of hydrogen-bond acceptors (Lipinski definition) is 6. The molecule has 0 saturated heterocycles. The first-order chi connectivity index (χ1) is 12.6. The van der Waals surface area contributed by atoms with Gasteiger partial charge in [0.05, 0.1) is 12.0 Å². The van der Waals surface area contributed by atoms with Gasteiger partial charge < -0.3 is 4.74 Å². The molecule has 7 heteroatoms. The van der Waals surface area contributed by atoms with Crippen molar-refractivity contribution < 1.29 is 9.53 Å². The average Bonchev–Trinajstić information content (AvgIpc) is 3.43. The molecule has 2 fully saturated rings. The highest BCUT2D eigenvalue weighted by molar-refractivity contribution is 8.00. The fraction of sp³-hybridized carbons (Fsp3) is 0.632. The zero-order chi connectivity index (χ0) is 18.3. The van der Waals surface area contributed by atoms with Gasteiger partial charge in [-0.1, -0.05) is 24.2 Å². The van der Waals surface area contributed by atoms with E-state index in [2.05, 4.69) is 33.1 Å². The van der Waals surface area contributed by atoms with Gasteiger partial charge >= 0.3 is 5.97 Å². The summed E-state index contributed by atoms with van der Waals surface area (Å²) in [7, 11) is 1.43. The Bertz CT molecular complexity index is 774. The molecule has 0 aliphatic heterocycles. The third-order valence-electron chi connectivity index (χ3n) is 6.04. The van der Waals surface area contributed by atoms with E-state index in [4.69, 9.17) is 4.74 Å². The highest BCUT2D eigenvalue weighted by Crippen LogP contribution is 2.53. The van der Waals surface area contributed by atoms with Crippen molar-refractivity contribution in [3.8, 4) is 10.7 Å². The minimum Gasteiger partial charge on any atom is -0.468 e. The van der Waals surface area contributed by atoms with Gasteiger partial charge in [-0.25, -0.2) is 0 Å². The molecule has 5 nitrogen and oxygen atoms in total. The Hall–Kier alpha value is -1.34. The third kappa shape index (κ3) is 3.20. The summed E-state index contributed by atoms with van der Waals surface area (Å²) in [6.45, 7) is 4.17. The van der Waals surface area contributed by atoms with Gasteiger partial charge in [0.2, 0.25) is 0 Å². The van der Waals surface area contributed by atoms with Crippen molar-refractivity contribution in [2.24, 2.45) is 17.8 Å². The van der Waals surface area contributed by atoms with Crippen molar-refractivity contribution in [1.82, 2.24) is 14.8 Å². The molecule has 2 aromatic rings. The monoisotopic (exact) mass is 391 g/mol. The first-order valence-corrected chi connectivity index (χ1v) is 11.1. The summed E-state index contributed by atoms with van der Waals surface area (Å²) in [4.78, 5) is 13.0. The molecule has 5 atom stereocenters. The number of ether oxygens (including phenoxy) is 1. The summed E-state index contributed by atoms with van der Waals surface area (Å²) in [6, 6.07) is 4.48. The Labute approximate surface area is 162 Å². The van der Waals surface area contributed by atoms with Crippen LogP contribution in [0.5, 0.6) is 0 Å². The van der Waals surface area contributed by atoms with Crippen molar-refractivity contribution in [2.75, 3.05) is 7.11 Å². The summed E-state index contributed by atoms with van der Waals surface area (Å²) < 4.78 is 7.17. The van der Waals surface area contributed by atoms with Crippen LogP contribution in [0.4, 0.5) is 0 Å². The van der Waals surface area contributed by atoms with Gasteiger partial charge in [0.15, 0.2) is 11.0 Å². The molecule has 140 valence electrons. The van der Waals surface area contributed by atoms with Gasteiger partial charge in [-0.15, -0.1) is 21.5 Å². The van der Waals surface area contributed by atoms with Crippen LogP contribution < -0.4 is 0 Å². The lowest BCUT2D eigenvalue weighted by Gasteiger charge is -2.30. The molecular weight excluding hydrogens is 366 g/mol. The molecule has 0 amide bonds. The van der Waals surface area contributed by atoms with Gasteiger partial charge in [0.25, 0.3) is 0 Å². The van der Waals surface area contributed by atoms with Crippen LogP contribution in [0.1, 0.15) is 45.6 Å². The molecule has 5 unspecified atom stereocenters. The number of carbonyl (C=O) groups excluding carboxylic acids is 1. The second-order valence-corrected chi connectivity index (χ2v) is 9.77. The summed E-state index contributed by atoms with van der Waals surface area (Å²) >= 11 is 3.13. The van der Waals surface area contributed by atoms with Crippen molar-refractivity contribution in [2.45, 2.75) is 56.0 Å². The van der Waals surface area contributed by atoms with Gasteiger partial charge in [-0.05, 0) is 62.3 Å². The third-order valence-corrected chi connectivity index (χ3v) is 7.94. The van der Waals surface area contributed by atoms with E-state index in [1.807, 2.05) is 13.0 Å². The average molecular weight is 392 g/mol. The van der Waals surface area contributed by atoms with Gasteiger partial charge in [-0.2, -0.15) is 0 Å². The van der Waals surface area contributed by atoms with Crippen LogP contribution >= 0.6 is 23.1 Å². The Kier molecular flexibility index (Phi) is 5.10. The molecule has 0 aromatic carbocycles. The van der Waals surface area contributed by atoms with Crippen LogP contribution in [0.25, 0.3) is 10.7 Å². The maximum atomic E-state index is 11.9. The second kappa shape index (κ2) is 7.35. The van der Waals surface area contributed by atoms with Gasteiger partial charge in [-0.3, -0.25) is 9.36 Å². The summed E-state index contributed by atoms with van der Waals surface area (Å²) in [5.74, 6) is 3.10. The Morgan fingerprint density at radius 1 is 1.35 bits per heavy atom. The topological polar surface area (TPSA) is 57.0 Å². The molecule has 0 radical (unpaired) electrons. The molecule has 4 rings (SSSR count). The quantitative estimate of drug-likeness (QED) is 0.530. The number of fused-ring (bicyclic) bond motifs is 2. The number of esters is 1. The number of nitrogens with zero attached hydrogens (tertiary/aromatic N) is 3. The van der Waals surface area contributed by atoms with Crippen LogP contribution in [-0.4, -0.2) is 33.1 Å². The van der Waals surface area contributed by atoms with E-state index in [1.165, 1.54) is 44.6 Å². The Morgan fingerprint density at radius 3 is 2.81 bits per heavy atom. The van der Waals surface area contributed by atoms with Crippen LogP contribution in [-0.2, 0) is 9.53 Å². The Morgan fingerprint density at radius 2 is 2.19 bits per heavy atom. The van der Waals surface area contributed by atoms with Crippen molar-refractivity contribution in [1.29, 1.82) is 0 Å². The number of methoxy groups -OCH3 is 1. The molecule has 0 N–H and O–H groups in total. The predicted molar refractivity (Wildman–Crippen MR) is 104 cm³/mol. The van der Waals surface area contributed by atoms with E-state index in [0.717, 1.165) is 27.7 Å². The predicted octanol–water partition coefficient (Wildman–Crippen LogP) is 4.66. The van der Waals surface area contributed by atoms with E-state index in [1.54, 1.807) is 11.3 Å². The number of aromatic nitrogens is 3. The van der Waals surface area contributed by atoms with E-state index >= 15 is 0 Å². The van der Waals surface area contributed by atoms with Crippen LogP contribution in [0.15, 0.2) is 22.7 Å². The zero-order valence-electron chi connectivity index (χ0n) is 15.4. The number of thioether (sulfide) groups is 1. The lowest BCUT2D eigenvalue weighted by Crippen LogP contribution is -2.24. The minimum absolute atomic E-state index is 0.227. The van der Waals surface area contributed by atoms with Crippen molar-refractivity contribution >= 4 is 29.1 Å². The number of rotatable bonds is 6. The maximum Gasteiger partial charge on any atom is 0.318 e. The smallest absolute Gasteiger partial charge is 0.318 e. The maximum absolute atomic E-state index is 11.9. The standard InChI is InChI=1S/C19H25N3O2S2/c1-11(15-10-13-6-7-14(15)9-13)22-17(16-5-4-8-25-16)20-21-19(22)26-12(2)18(23)24-3/h4-5,8,11-15H,6-7,9-10H2,1-3H3. The molecule has 2 aliphatic carbocycles. The molecule has 26 heavy (non-hydrogen) atoms. The first kappa shape index (κ1) is 18.0. The highest BCUT2D eigenvalue weighted by Gasteiger charge is 2.43. The minimum atomic E-state index is -0.300. The lowest BCUT2D eigenvalue weighted by molar-refractivity contribution is -0.139. The number of hydrogen-bond donors (Lipinski definition) is 0. The SMILES string of the molecule is COC(=O)C(C)Sc1nnc(-c2cccs2)n1C(C)C1CC2CCC1C2. The largest absolute Gasteiger partial charge is 0.468 e. The normalized spacial score (nSPS) is 26.8. The molecular formula is C19H25N3O2S2. The molecule has 2 saturated carbocycles. The fourth-order valence-electron chi connectivity index (χ4n) is 4.75. The van der Waals surface area contributed by atoms with E-state index in [0.29, 0.717) is 12.0 Å². The van der Waals surface area contributed by atoms with Crippen LogP contribution in [0.3, 0.4) is 0 Å². The zero-order valence-corrected chi connectivity index (χ0v) is 17.1. The van der Waals surface area contributed by atoms with E-state index in [-0.39, 0.29) is 11.2 Å². The number of thiophene rings is 1. The van der Waals surface area contributed by atoms with E-state index in [9.17, 15) is 4.79 Å². The van der Waals surface area contributed by atoms with Crippen molar-refractivity contribution in [3.05, 3.63) is 17.5 Å². The molecule has 2 aliphatic rings. The van der Waals surface area contributed by atoms with Crippen molar-refractivity contribution in [3.63, 3.8) is 0 Å². The van der Waals surface area contributed by atoms with Gasteiger partial charge in [0, 0.05) is 6.04 Å². The Balaban J connectivity index is 1.67. The van der Waals surface area contributed by atoms with Gasteiger partial charge in [0.1, 0.15) is 5.25 Å². The fourth-order valence-corrected chi connectivity index (χ4v) is 6.42. The summed E-state index contributed by atoms with van der Waals surface area (Å²) in [5.41, 5.74) is 0. The molecule has 2 aromatic heterocycles. The summed E-state index contributed by atoms with van der Waals surface area (Å²) in [5, 5.41) is 11.6. The molecule has 2 heterocycles.